The highest BCUT2D eigenvalue weighted by Crippen LogP contribution is 1.83. The minimum atomic E-state index is 0.400. The highest BCUT2D eigenvalue weighted by Gasteiger charge is 1.81. The molecule has 0 fully saturated rings. The molecule has 0 heterocycles. The average Bonchev–Trinajstić information content (AvgIpc) is 1.69. The molecule has 0 atom stereocenters. The maximum absolute atomic E-state index is 7.75. The van der Waals surface area contributed by atoms with Gasteiger partial charge in [0.1, 0.15) is 0 Å². The second-order valence-corrected chi connectivity index (χ2v) is 1.33. The molecule has 0 rings (SSSR count). The largest absolute Gasteiger partial charge is 0.330 e. The Morgan fingerprint density at radius 1 is 1.43 bits per heavy atom. The van der Waals surface area contributed by atoms with Gasteiger partial charge in [0.15, 0.2) is 0 Å². The fourth-order valence-corrected chi connectivity index (χ4v) is 0.311. The first-order chi connectivity index (χ1) is 3.41. The molecule has 0 amide bonds. The molecule has 0 unspecified atom stereocenters. The number of hydrogen-bond acceptors (Lipinski definition) is 3. The van der Waals surface area contributed by atoms with Crippen LogP contribution in [0.25, 0.3) is 0 Å². The molecule has 44 valence electrons. The molecule has 0 spiro atoms. The van der Waals surface area contributed by atoms with Crippen molar-refractivity contribution in [1.82, 2.24) is 0 Å². The lowest BCUT2D eigenvalue weighted by Crippen LogP contribution is -2.00. The third-order valence-corrected chi connectivity index (χ3v) is 0.690. The molecule has 0 saturated carbocycles. The summed E-state index contributed by atoms with van der Waals surface area (Å²) in [6.07, 6.45) is 1.76. The molecule has 0 aromatic carbocycles. The van der Waals surface area contributed by atoms with Gasteiger partial charge in [0.25, 0.3) is 0 Å². The fraction of sp³-hybridized carbons (Fsp3) is 1.00. The van der Waals surface area contributed by atoms with Crippen molar-refractivity contribution in [1.29, 1.82) is 0 Å². The van der Waals surface area contributed by atoms with Gasteiger partial charge in [-0.1, -0.05) is 0 Å². The Hall–Kier alpha value is -0.120. The van der Waals surface area contributed by atoms with Crippen LogP contribution < -0.4 is 5.73 Å². The molecule has 0 aliphatic rings. The summed E-state index contributed by atoms with van der Waals surface area (Å²) in [7, 11) is 0. The first-order valence-corrected chi connectivity index (χ1v) is 2.38. The van der Waals surface area contributed by atoms with E-state index in [9.17, 15) is 0 Å². The van der Waals surface area contributed by atoms with Crippen LogP contribution >= 0.6 is 0 Å². The monoisotopic (exact) mass is 105 g/mol. The van der Waals surface area contributed by atoms with Crippen molar-refractivity contribution < 1.29 is 10.1 Å². The molecule has 3 nitrogen and oxygen atoms in total. The van der Waals surface area contributed by atoms with E-state index in [-0.39, 0.29) is 0 Å². The second-order valence-electron chi connectivity index (χ2n) is 1.33. The number of nitrogens with two attached hydrogens (primary N) is 1. The van der Waals surface area contributed by atoms with Crippen LogP contribution in [0.5, 0.6) is 0 Å². The number of hydrogen-bond donors (Lipinski definition) is 2. The fourth-order valence-electron chi connectivity index (χ4n) is 0.311. The minimum Gasteiger partial charge on any atom is -0.330 e. The van der Waals surface area contributed by atoms with Gasteiger partial charge < -0.3 is 5.73 Å². The first kappa shape index (κ1) is 6.88. The van der Waals surface area contributed by atoms with Crippen LogP contribution in [0.1, 0.15) is 12.8 Å². The highest BCUT2D eigenvalue weighted by molar-refractivity contribution is 4.35. The summed E-state index contributed by atoms with van der Waals surface area (Å²) >= 11 is 0. The topological polar surface area (TPSA) is 55.5 Å². The van der Waals surface area contributed by atoms with Crippen molar-refractivity contribution in [3.05, 3.63) is 0 Å². The zero-order valence-corrected chi connectivity index (χ0v) is 4.26. The number of rotatable bonds is 4. The summed E-state index contributed by atoms with van der Waals surface area (Å²) in [4.78, 5) is 3.79. The summed E-state index contributed by atoms with van der Waals surface area (Å²) in [6.45, 7) is 1.07. The van der Waals surface area contributed by atoms with Gasteiger partial charge in [0, 0.05) is 0 Å². The molecule has 7 heavy (non-hydrogen) atoms. The van der Waals surface area contributed by atoms with Crippen LogP contribution in [-0.4, -0.2) is 18.4 Å². The van der Waals surface area contributed by atoms with E-state index in [4.69, 9.17) is 11.0 Å². The van der Waals surface area contributed by atoms with Crippen LogP contribution in [-0.2, 0) is 4.89 Å². The first-order valence-electron chi connectivity index (χ1n) is 2.38. The Morgan fingerprint density at radius 3 is 2.57 bits per heavy atom. The van der Waals surface area contributed by atoms with Gasteiger partial charge in [-0.25, -0.2) is 4.89 Å². The van der Waals surface area contributed by atoms with Crippen molar-refractivity contribution in [3.63, 3.8) is 0 Å². The van der Waals surface area contributed by atoms with Gasteiger partial charge in [-0.2, -0.15) is 0 Å². The third-order valence-electron chi connectivity index (χ3n) is 0.690. The predicted octanol–water partition coefficient (Wildman–Crippen LogP) is 0.215. The molecular formula is C4H11NO2. The summed E-state index contributed by atoms with van der Waals surface area (Å²) in [5, 5.41) is 7.75. The zero-order valence-electron chi connectivity index (χ0n) is 4.26. The molecule has 0 aliphatic heterocycles. The van der Waals surface area contributed by atoms with Crippen LogP contribution in [0, 0.1) is 0 Å². The Labute approximate surface area is 43.0 Å². The van der Waals surface area contributed by atoms with Gasteiger partial charge in [-0.3, -0.25) is 5.26 Å². The van der Waals surface area contributed by atoms with Crippen molar-refractivity contribution in [2.75, 3.05) is 13.2 Å². The van der Waals surface area contributed by atoms with E-state index in [1.807, 2.05) is 0 Å². The molecule has 3 N–H and O–H groups in total. The number of unbranched alkanes of at least 4 members (excludes halogenated alkanes) is 1. The SMILES string of the molecule is NCCCCOO. The van der Waals surface area contributed by atoms with Crippen LogP contribution in [0.2, 0.25) is 0 Å². The van der Waals surface area contributed by atoms with Gasteiger partial charge in [-0.05, 0) is 19.4 Å². The highest BCUT2D eigenvalue weighted by atomic mass is 17.1. The normalized spacial score (nSPS) is 9.43. The molecular weight excluding hydrogens is 94.0 g/mol. The van der Waals surface area contributed by atoms with E-state index < -0.39 is 0 Å². The maximum Gasteiger partial charge on any atom is 0.0820 e. The Balaban J connectivity index is 2.45. The van der Waals surface area contributed by atoms with Crippen molar-refractivity contribution in [3.8, 4) is 0 Å². The summed E-state index contributed by atoms with van der Waals surface area (Å²) in [5.41, 5.74) is 5.13. The maximum atomic E-state index is 7.75. The molecule has 0 aromatic heterocycles. The predicted molar refractivity (Wildman–Crippen MR) is 26.9 cm³/mol. The van der Waals surface area contributed by atoms with E-state index >= 15 is 0 Å². The van der Waals surface area contributed by atoms with Crippen LogP contribution in [0.3, 0.4) is 0 Å². The third kappa shape index (κ3) is 5.88. The lowest BCUT2D eigenvalue weighted by atomic mass is 10.3. The molecule has 3 heteroatoms. The Bertz CT molecular complexity index is 28.9. The molecule has 0 radical (unpaired) electrons. The van der Waals surface area contributed by atoms with Gasteiger partial charge in [0.2, 0.25) is 0 Å². The smallest absolute Gasteiger partial charge is 0.0820 e. The van der Waals surface area contributed by atoms with Crippen LogP contribution in [0.4, 0.5) is 0 Å². The summed E-state index contributed by atoms with van der Waals surface area (Å²) in [5.74, 6) is 0. The minimum absolute atomic E-state index is 0.400. The van der Waals surface area contributed by atoms with Gasteiger partial charge in [-0.15, -0.1) is 0 Å². The quantitative estimate of drug-likeness (QED) is 0.305. The average molecular weight is 105 g/mol. The molecule has 0 aromatic rings. The standard InChI is InChI=1S/C4H11NO2/c5-3-1-2-4-7-6/h6H,1-5H2. The molecule has 0 aliphatic carbocycles. The van der Waals surface area contributed by atoms with Crippen molar-refractivity contribution >= 4 is 0 Å². The van der Waals surface area contributed by atoms with Gasteiger partial charge in [0.05, 0.1) is 6.61 Å². The summed E-state index contributed by atoms with van der Waals surface area (Å²) in [6, 6.07) is 0. The Kier molecular flexibility index (Phi) is 5.78. The van der Waals surface area contributed by atoms with E-state index in [1.54, 1.807) is 0 Å². The van der Waals surface area contributed by atoms with E-state index in [1.165, 1.54) is 0 Å². The molecule has 0 bridgehead atoms. The van der Waals surface area contributed by atoms with E-state index in [0.29, 0.717) is 13.2 Å². The zero-order chi connectivity index (χ0) is 5.54. The van der Waals surface area contributed by atoms with Crippen LogP contribution in [0.15, 0.2) is 0 Å². The summed E-state index contributed by atoms with van der Waals surface area (Å²) < 4.78 is 0. The van der Waals surface area contributed by atoms with E-state index in [0.717, 1.165) is 12.8 Å². The van der Waals surface area contributed by atoms with E-state index in [2.05, 4.69) is 4.89 Å². The molecule has 0 saturated heterocycles. The van der Waals surface area contributed by atoms with Crippen molar-refractivity contribution in [2.24, 2.45) is 5.73 Å². The van der Waals surface area contributed by atoms with Crippen molar-refractivity contribution in [2.45, 2.75) is 12.8 Å². The Morgan fingerprint density at radius 2 is 2.14 bits per heavy atom. The lowest BCUT2D eigenvalue weighted by molar-refractivity contribution is -0.242. The lowest BCUT2D eigenvalue weighted by Gasteiger charge is -1.91. The second kappa shape index (κ2) is 5.88. The van der Waals surface area contributed by atoms with Gasteiger partial charge >= 0.3 is 0 Å².